The molecule has 1 atom stereocenters. The van der Waals surface area contributed by atoms with Gasteiger partial charge in [-0.3, -0.25) is 0 Å². The van der Waals surface area contributed by atoms with E-state index >= 15 is 0 Å². The topological polar surface area (TPSA) is 47.3 Å². The number of hydrogen-bond donors (Lipinski definition) is 2. The van der Waals surface area contributed by atoms with Crippen LogP contribution in [0.25, 0.3) is 0 Å². The molecule has 1 unspecified atom stereocenters. The van der Waals surface area contributed by atoms with Gasteiger partial charge in [-0.2, -0.15) is 0 Å². The summed E-state index contributed by atoms with van der Waals surface area (Å²) in [6.45, 7) is 4.03. The molecule has 3 nitrogen and oxygen atoms in total. The van der Waals surface area contributed by atoms with Crippen LogP contribution in [-0.2, 0) is 6.42 Å². The standard InChI is InChI=1S/C18H30N2O/c1-18(14-19,20-13-11-15-4-3-5-15)12-10-16-6-8-17(21-2)9-7-16/h6-9,15,20H,3-5,10-14,19H2,1-2H3. The summed E-state index contributed by atoms with van der Waals surface area (Å²) >= 11 is 0. The number of benzene rings is 1. The fraction of sp³-hybridized carbons (Fsp3) is 0.667. The van der Waals surface area contributed by atoms with Crippen LogP contribution in [0, 0.1) is 5.92 Å². The van der Waals surface area contributed by atoms with E-state index in [1.807, 2.05) is 12.1 Å². The molecule has 1 saturated carbocycles. The van der Waals surface area contributed by atoms with Gasteiger partial charge >= 0.3 is 0 Å². The highest BCUT2D eigenvalue weighted by Gasteiger charge is 2.23. The van der Waals surface area contributed by atoms with Crippen LogP contribution >= 0.6 is 0 Å². The number of hydrogen-bond acceptors (Lipinski definition) is 3. The number of nitrogens with one attached hydrogen (secondary N) is 1. The van der Waals surface area contributed by atoms with Crippen molar-refractivity contribution in [2.75, 3.05) is 20.2 Å². The van der Waals surface area contributed by atoms with Gasteiger partial charge in [0, 0.05) is 12.1 Å². The summed E-state index contributed by atoms with van der Waals surface area (Å²) in [7, 11) is 1.70. The Balaban J connectivity index is 1.75. The molecule has 0 radical (unpaired) electrons. The van der Waals surface area contributed by atoms with E-state index in [0.717, 1.165) is 31.1 Å². The summed E-state index contributed by atoms with van der Waals surface area (Å²) in [5.41, 5.74) is 7.39. The molecule has 0 spiro atoms. The molecule has 1 aromatic rings. The third-order valence-corrected chi connectivity index (χ3v) is 4.90. The molecular formula is C18H30N2O. The molecule has 3 N–H and O–H groups in total. The maximum atomic E-state index is 6.00. The molecule has 1 fully saturated rings. The second-order valence-electron chi connectivity index (χ2n) is 6.63. The smallest absolute Gasteiger partial charge is 0.118 e. The van der Waals surface area contributed by atoms with Crippen molar-refractivity contribution in [1.82, 2.24) is 5.32 Å². The van der Waals surface area contributed by atoms with E-state index < -0.39 is 0 Å². The summed E-state index contributed by atoms with van der Waals surface area (Å²) in [6, 6.07) is 8.34. The number of aryl methyl sites for hydroxylation is 1. The van der Waals surface area contributed by atoms with Crippen LogP contribution in [0.1, 0.15) is 44.6 Å². The van der Waals surface area contributed by atoms with Gasteiger partial charge in [0.2, 0.25) is 0 Å². The Kier molecular flexibility index (Phi) is 6.07. The normalized spacial score (nSPS) is 18.0. The molecule has 0 heterocycles. The first kappa shape index (κ1) is 16.3. The van der Waals surface area contributed by atoms with Crippen molar-refractivity contribution in [3.05, 3.63) is 29.8 Å². The van der Waals surface area contributed by atoms with Gasteiger partial charge in [0.05, 0.1) is 7.11 Å². The van der Waals surface area contributed by atoms with Crippen molar-refractivity contribution in [3.63, 3.8) is 0 Å². The van der Waals surface area contributed by atoms with Crippen LogP contribution < -0.4 is 15.8 Å². The highest BCUT2D eigenvalue weighted by atomic mass is 16.5. The van der Waals surface area contributed by atoms with Gasteiger partial charge in [-0.1, -0.05) is 31.4 Å². The van der Waals surface area contributed by atoms with E-state index in [-0.39, 0.29) is 5.54 Å². The predicted molar refractivity (Wildman–Crippen MR) is 88.7 cm³/mol. The summed E-state index contributed by atoms with van der Waals surface area (Å²) in [5.74, 6) is 1.88. The van der Waals surface area contributed by atoms with E-state index in [4.69, 9.17) is 10.5 Å². The van der Waals surface area contributed by atoms with Crippen LogP contribution in [0.15, 0.2) is 24.3 Å². The SMILES string of the molecule is COc1ccc(CCC(C)(CN)NCCC2CCC2)cc1. The molecule has 1 aromatic carbocycles. The maximum Gasteiger partial charge on any atom is 0.118 e. The van der Waals surface area contributed by atoms with Crippen LogP contribution in [0.4, 0.5) is 0 Å². The van der Waals surface area contributed by atoms with Crippen molar-refractivity contribution in [3.8, 4) is 5.75 Å². The summed E-state index contributed by atoms with van der Waals surface area (Å²) in [5, 5.41) is 3.69. The molecular weight excluding hydrogens is 260 g/mol. The van der Waals surface area contributed by atoms with E-state index in [1.54, 1.807) is 7.11 Å². The largest absolute Gasteiger partial charge is 0.497 e. The fourth-order valence-corrected chi connectivity index (χ4v) is 2.83. The van der Waals surface area contributed by atoms with Crippen molar-refractivity contribution in [2.45, 2.75) is 51.0 Å². The maximum absolute atomic E-state index is 6.00. The Labute approximate surface area is 129 Å². The Morgan fingerprint density at radius 1 is 1.29 bits per heavy atom. The molecule has 3 heteroatoms. The van der Waals surface area contributed by atoms with Gasteiger partial charge in [0.15, 0.2) is 0 Å². The highest BCUT2D eigenvalue weighted by Crippen LogP contribution is 2.29. The molecule has 1 aliphatic carbocycles. The Morgan fingerprint density at radius 3 is 2.52 bits per heavy atom. The van der Waals surface area contributed by atoms with Crippen LogP contribution in [0.2, 0.25) is 0 Å². The fourth-order valence-electron chi connectivity index (χ4n) is 2.83. The second-order valence-corrected chi connectivity index (χ2v) is 6.63. The molecule has 0 aromatic heterocycles. The monoisotopic (exact) mass is 290 g/mol. The molecule has 118 valence electrons. The Hall–Kier alpha value is -1.06. The first-order valence-electron chi connectivity index (χ1n) is 8.23. The first-order valence-corrected chi connectivity index (χ1v) is 8.23. The third kappa shape index (κ3) is 5.01. The zero-order valence-electron chi connectivity index (χ0n) is 13.5. The van der Waals surface area contributed by atoms with Gasteiger partial charge in [-0.05, 0) is 56.3 Å². The van der Waals surface area contributed by atoms with Gasteiger partial charge in [-0.15, -0.1) is 0 Å². The summed E-state index contributed by atoms with van der Waals surface area (Å²) < 4.78 is 5.20. The van der Waals surface area contributed by atoms with Crippen molar-refractivity contribution in [1.29, 1.82) is 0 Å². The van der Waals surface area contributed by atoms with E-state index in [9.17, 15) is 0 Å². The summed E-state index contributed by atoms with van der Waals surface area (Å²) in [6.07, 6.45) is 7.70. The molecule has 1 aliphatic rings. The Bertz CT molecular complexity index is 414. The molecule has 2 rings (SSSR count). The number of methoxy groups -OCH3 is 1. The lowest BCUT2D eigenvalue weighted by Crippen LogP contribution is -2.49. The average molecular weight is 290 g/mol. The van der Waals surface area contributed by atoms with Gasteiger partial charge in [0.1, 0.15) is 5.75 Å². The molecule has 0 aliphatic heterocycles. The molecule has 21 heavy (non-hydrogen) atoms. The Morgan fingerprint density at radius 2 is 2.00 bits per heavy atom. The minimum Gasteiger partial charge on any atom is -0.497 e. The van der Waals surface area contributed by atoms with Gasteiger partial charge in [-0.25, -0.2) is 0 Å². The lowest BCUT2D eigenvalue weighted by molar-refractivity contribution is 0.265. The minimum atomic E-state index is 0.0453. The molecule has 0 amide bonds. The van der Waals surface area contributed by atoms with E-state index in [1.165, 1.54) is 31.2 Å². The third-order valence-electron chi connectivity index (χ3n) is 4.90. The van der Waals surface area contributed by atoms with Gasteiger partial charge in [0.25, 0.3) is 0 Å². The number of ether oxygens (including phenoxy) is 1. The zero-order chi connectivity index (χ0) is 15.1. The predicted octanol–water partition coefficient (Wildman–Crippen LogP) is 3.13. The summed E-state index contributed by atoms with van der Waals surface area (Å²) in [4.78, 5) is 0. The zero-order valence-corrected chi connectivity index (χ0v) is 13.5. The highest BCUT2D eigenvalue weighted by molar-refractivity contribution is 5.27. The van der Waals surface area contributed by atoms with E-state index in [2.05, 4.69) is 24.4 Å². The molecule has 0 saturated heterocycles. The van der Waals surface area contributed by atoms with E-state index in [0.29, 0.717) is 6.54 Å². The van der Waals surface area contributed by atoms with Crippen molar-refractivity contribution in [2.24, 2.45) is 11.7 Å². The lowest BCUT2D eigenvalue weighted by Gasteiger charge is -2.32. The van der Waals surface area contributed by atoms with Crippen LogP contribution in [0.5, 0.6) is 5.75 Å². The van der Waals surface area contributed by atoms with Crippen molar-refractivity contribution >= 4 is 0 Å². The second kappa shape index (κ2) is 7.81. The number of nitrogens with two attached hydrogens (primary N) is 1. The van der Waals surface area contributed by atoms with Gasteiger partial charge < -0.3 is 15.8 Å². The first-order chi connectivity index (χ1) is 10.1. The van der Waals surface area contributed by atoms with Crippen LogP contribution in [0.3, 0.4) is 0 Å². The lowest BCUT2D eigenvalue weighted by atomic mass is 9.82. The van der Waals surface area contributed by atoms with Crippen molar-refractivity contribution < 1.29 is 4.74 Å². The van der Waals surface area contributed by atoms with Crippen LogP contribution in [-0.4, -0.2) is 25.7 Å². The molecule has 0 bridgehead atoms. The number of rotatable bonds is 9. The minimum absolute atomic E-state index is 0.0453. The quantitative estimate of drug-likeness (QED) is 0.734. The average Bonchev–Trinajstić information content (AvgIpc) is 2.48.